The molecule has 6 nitrogen and oxygen atoms in total. The molecule has 0 atom stereocenters. The molecule has 2 heterocycles. The summed E-state index contributed by atoms with van der Waals surface area (Å²) in [6, 6.07) is 26.1. The molecule has 0 bridgehead atoms. The van der Waals surface area contributed by atoms with Crippen LogP contribution in [-0.4, -0.2) is 32.8 Å². The summed E-state index contributed by atoms with van der Waals surface area (Å²) in [7, 11) is 1.67. The topological polar surface area (TPSA) is 57.2 Å². The van der Waals surface area contributed by atoms with Crippen molar-refractivity contribution in [3.05, 3.63) is 103 Å². The van der Waals surface area contributed by atoms with Crippen LogP contribution in [-0.2, 0) is 6.54 Å². The van der Waals surface area contributed by atoms with Crippen LogP contribution < -0.4 is 4.74 Å². The minimum atomic E-state index is 0.671. The van der Waals surface area contributed by atoms with Crippen molar-refractivity contribution in [1.29, 1.82) is 0 Å². The first-order valence-corrected chi connectivity index (χ1v) is 10.0. The molecule has 6 heteroatoms. The van der Waals surface area contributed by atoms with Crippen molar-refractivity contribution in [2.75, 3.05) is 7.11 Å². The molecule has 0 radical (unpaired) electrons. The smallest absolute Gasteiger partial charge is 0.128 e. The van der Waals surface area contributed by atoms with Gasteiger partial charge in [0.1, 0.15) is 17.8 Å². The second-order valence-electron chi connectivity index (χ2n) is 7.14. The normalized spacial score (nSPS) is 11.4. The maximum absolute atomic E-state index is 5.58. The second-order valence-corrected chi connectivity index (χ2v) is 7.14. The van der Waals surface area contributed by atoms with Crippen molar-refractivity contribution in [2.24, 2.45) is 5.10 Å². The number of para-hydroxylation sites is 3. The van der Waals surface area contributed by atoms with Gasteiger partial charge >= 0.3 is 0 Å². The predicted molar refractivity (Wildman–Crippen MR) is 122 cm³/mol. The molecule has 3 aromatic carbocycles. The highest BCUT2D eigenvalue weighted by Crippen LogP contribution is 2.30. The summed E-state index contributed by atoms with van der Waals surface area (Å²) in [5, 5.41) is 9.53. The third-order valence-corrected chi connectivity index (χ3v) is 5.10. The van der Waals surface area contributed by atoms with E-state index in [1.807, 2.05) is 83.8 Å². The maximum Gasteiger partial charge on any atom is 0.128 e. The number of ether oxygens (including phenoxy) is 1. The van der Waals surface area contributed by atoms with E-state index in [0.717, 1.165) is 33.6 Å². The molecule has 2 aromatic heterocycles. The zero-order chi connectivity index (χ0) is 21.0. The molecule has 152 valence electrons. The van der Waals surface area contributed by atoms with Crippen molar-refractivity contribution in [3.8, 4) is 17.0 Å². The summed E-state index contributed by atoms with van der Waals surface area (Å²) >= 11 is 0. The largest absolute Gasteiger partial charge is 0.496 e. The molecule has 31 heavy (non-hydrogen) atoms. The first-order chi connectivity index (χ1) is 15.3. The molecule has 0 saturated carbocycles. The summed E-state index contributed by atoms with van der Waals surface area (Å²) in [5.74, 6) is 0.773. The standard InChI is InChI=1S/C25H21N5O/c1-31-24-14-8-5-11-21(24)25-20(17-29(28-25)16-19-9-3-2-4-10-19)15-27-30-18-26-22-12-6-7-13-23(22)30/h2-15,17-18H,16H2,1H3/b27-15-. The Hall–Kier alpha value is -4.19. The molecule has 0 saturated heterocycles. The van der Waals surface area contributed by atoms with Crippen LogP contribution in [0, 0.1) is 0 Å². The van der Waals surface area contributed by atoms with Gasteiger partial charge in [-0.2, -0.15) is 10.2 Å². The van der Waals surface area contributed by atoms with Gasteiger partial charge in [-0.1, -0.05) is 54.6 Å². The average molecular weight is 407 g/mol. The monoisotopic (exact) mass is 407 g/mol. The van der Waals surface area contributed by atoms with Crippen LogP contribution in [0.25, 0.3) is 22.3 Å². The van der Waals surface area contributed by atoms with Crippen LogP contribution in [0.5, 0.6) is 5.75 Å². The van der Waals surface area contributed by atoms with Crippen molar-refractivity contribution in [3.63, 3.8) is 0 Å². The van der Waals surface area contributed by atoms with Gasteiger partial charge in [-0.15, -0.1) is 0 Å². The van der Waals surface area contributed by atoms with Crippen LogP contribution in [0.4, 0.5) is 0 Å². The lowest BCUT2D eigenvalue weighted by atomic mass is 10.1. The van der Waals surface area contributed by atoms with E-state index < -0.39 is 0 Å². The molecule has 0 aliphatic rings. The molecule has 0 fully saturated rings. The number of nitrogens with zero attached hydrogens (tertiary/aromatic N) is 5. The molecule has 0 aliphatic heterocycles. The number of imidazole rings is 1. The molecule has 0 aliphatic carbocycles. The van der Waals surface area contributed by atoms with Gasteiger partial charge in [0.05, 0.1) is 30.9 Å². The summed E-state index contributed by atoms with van der Waals surface area (Å²) in [6.07, 6.45) is 5.56. The van der Waals surface area contributed by atoms with E-state index in [1.54, 1.807) is 18.1 Å². The number of hydrogen-bond acceptors (Lipinski definition) is 4. The Balaban J connectivity index is 1.57. The summed E-state index contributed by atoms with van der Waals surface area (Å²) in [5.41, 5.74) is 5.69. The highest BCUT2D eigenvalue weighted by molar-refractivity contribution is 5.90. The molecular weight excluding hydrogens is 386 g/mol. The van der Waals surface area contributed by atoms with Crippen LogP contribution >= 0.6 is 0 Å². The summed E-state index contributed by atoms with van der Waals surface area (Å²) in [4.78, 5) is 4.41. The lowest BCUT2D eigenvalue weighted by molar-refractivity contribution is 0.416. The number of fused-ring (bicyclic) bond motifs is 1. The molecule has 5 aromatic rings. The lowest BCUT2D eigenvalue weighted by Crippen LogP contribution is -2.00. The third-order valence-electron chi connectivity index (χ3n) is 5.10. The Morgan fingerprint density at radius 1 is 0.935 bits per heavy atom. The quantitative estimate of drug-likeness (QED) is 0.379. The third kappa shape index (κ3) is 3.83. The number of rotatable bonds is 6. The molecule has 0 spiro atoms. The summed E-state index contributed by atoms with van der Waals surface area (Å²) in [6.45, 7) is 0.671. The van der Waals surface area contributed by atoms with Gasteiger partial charge in [0, 0.05) is 17.3 Å². The minimum Gasteiger partial charge on any atom is -0.496 e. The highest BCUT2D eigenvalue weighted by atomic mass is 16.5. The molecule has 0 unspecified atom stereocenters. The maximum atomic E-state index is 5.58. The number of methoxy groups -OCH3 is 1. The zero-order valence-electron chi connectivity index (χ0n) is 17.1. The first-order valence-electron chi connectivity index (χ1n) is 10.0. The Morgan fingerprint density at radius 2 is 1.71 bits per heavy atom. The minimum absolute atomic E-state index is 0.671. The van der Waals surface area contributed by atoms with Gasteiger partial charge in [-0.25, -0.2) is 9.66 Å². The molecule has 0 N–H and O–H groups in total. The first kappa shape index (κ1) is 18.8. The van der Waals surface area contributed by atoms with Gasteiger partial charge in [0.15, 0.2) is 0 Å². The average Bonchev–Trinajstić information content (AvgIpc) is 3.42. The van der Waals surface area contributed by atoms with E-state index in [2.05, 4.69) is 22.2 Å². The fourth-order valence-electron chi connectivity index (χ4n) is 3.59. The zero-order valence-corrected chi connectivity index (χ0v) is 17.1. The van der Waals surface area contributed by atoms with Crippen LogP contribution in [0.2, 0.25) is 0 Å². The van der Waals surface area contributed by atoms with Crippen LogP contribution in [0.3, 0.4) is 0 Å². The van der Waals surface area contributed by atoms with E-state index in [4.69, 9.17) is 9.84 Å². The molecular formula is C25H21N5O. The van der Waals surface area contributed by atoms with Crippen molar-refractivity contribution >= 4 is 17.2 Å². The SMILES string of the molecule is COc1ccccc1-c1nn(Cc2ccccc2)cc1/C=N\n1cnc2ccccc21. The Morgan fingerprint density at radius 3 is 2.58 bits per heavy atom. The van der Waals surface area contributed by atoms with Gasteiger partial charge in [-0.05, 0) is 29.8 Å². The van der Waals surface area contributed by atoms with Gasteiger partial charge in [0.2, 0.25) is 0 Å². The van der Waals surface area contributed by atoms with E-state index in [-0.39, 0.29) is 0 Å². The van der Waals surface area contributed by atoms with Gasteiger partial charge in [0.25, 0.3) is 0 Å². The Bertz CT molecular complexity index is 1350. The van der Waals surface area contributed by atoms with Gasteiger partial charge in [-0.3, -0.25) is 4.68 Å². The van der Waals surface area contributed by atoms with E-state index in [9.17, 15) is 0 Å². The fourth-order valence-corrected chi connectivity index (χ4v) is 3.59. The lowest BCUT2D eigenvalue weighted by Gasteiger charge is -2.06. The van der Waals surface area contributed by atoms with Crippen LogP contribution in [0.1, 0.15) is 11.1 Å². The van der Waals surface area contributed by atoms with E-state index >= 15 is 0 Å². The highest BCUT2D eigenvalue weighted by Gasteiger charge is 2.14. The number of hydrogen-bond donors (Lipinski definition) is 0. The fraction of sp³-hybridized carbons (Fsp3) is 0.0800. The van der Waals surface area contributed by atoms with Crippen molar-refractivity contribution < 1.29 is 4.74 Å². The van der Waals surface area contributed by atoms with E-state index in [0.29, 0.717) is 6.54 Å². The Kier molecular flexibility index (Phi) is 5.02. The van der Waals surface area contributed by atoms with Gasteiger partial charge < -0.3 is 4.74 Å². The second kappa shape index (κ2) is 8.28. The van der Waals surface area contributed by atoms with Crippen molar-refractivity contribution in [2.45, 2.75) is 6.54 Å². The molecule has 0 amide bonds. The van der Waals surface area contributed by atoms with E-state index in [1.165, 1.54) is 5.56 Å². The van der Waals surface area contributed by atoms with Crippen molar-refractivity contribution in [1.82, 2.24) is 19.4 Å². The van der Waals surface area contributed by atoms with Crippen LogP contribution in [0.15, 0.2) is 96.5 Å². The number of aromatic nitrogens is 4. The number of benzene rings is 3. The predicted octanol–water partition coefficient (Wildman–Crippen LogP) is 4.84. The summed E-state index contributed by atoms with van der Waals surface area (Å²) < 4.78 is 9.29. The molecule has 5 rings (SSSR count). The Labute approximate surface area is 180 Å².